The molecule has 6 atom stereocenters. The molecule has 47 heavy (non-hydrogen) atoms. The van der Waals surface area contributed by atoms with Gasteiger partial charge in [0.15, 0.2) is 23.8 Å². The molecule has 0 bridgehead atoms. The van der Waals surface area contributed by atoms with Gasteiger partial charge in [-0.25, -0.2) is 0 Å². The Kier molecular flexibility index (Phi) is 17.4. The first-order valence-corrected chi connectivity index (χ1v) is 18.4. The lowest BCUT2D eigenvalue weighted by molar-refractivity contribution is -0.252. The SMILES string of the molecule is CCCCCCCCCCCCCCO[C@@H](CO[C@@H]1O[C@H]([C@H]2COC(C)(C)O2)[C@@H]2OC(C)(C)O[C@H]12)CC(C(=O)OCC)C(=O)OCC. The first kappa shape index (κ1) is 40.1. The van der Waals surface area contributed by atoms with Crippen molar-refractivity contribution in [3.63, 3.8) is 0 Å². The molecule has 3 aliphatic heterocycles. The highest BCUT2D eigenvalue weighted by molar-refractivity contribution is 5.94. The van der Waals surface area contributed by atoms with Crippen LogP contribution in [0, 0.1) is 5.92 Å². The quantitative estimate of drug-likeness (QED) is 0.0626. The van der Waals surface area contributed by atoms with Crippen molar-refractivity contribution in [2.24, 2.45) is 5.92 Å². The van der Waals surface area contributed by atoms with Crippen LogP contribution in [0.5, 0.6) is 0 Å². The van der Waals surface area contributed by atoms with Crippen LogP contribution in [0.15, 0.2) is 0 Å². The topological polar surface area (TPSA) is 117 Å². The second kappa shape index (κ2) is 20.4. The third kappa shape index (κ3) is 13.5. The molecule has 0 aromatic rings. The maximum atomic E-state index is 12.8. The smallest absolute Gasteiger partial charge is 0.320 e. The third-order valence-corrected chi connectivity index (χ3v) is 8.88. The second-order valence-corrected chi connectivity index (χ2v) is 13.9. The molecule has 274 valence electrons. The third-order valence-electron chi connectivity index (χ3n) is 8.88. The summed E-state index contributed by atoms with van der Waals surface area (Å²) in [5.74, 6) is -3.92. The van der Waals surface area contributed by atoms with E-state index in [4.69, 9.17) is 42.6 Å². The first-order chi connectivity index (χ1) is 22.5. The second-order valence-electron chi connectivity index (χ2n) is 13.9. The minimum absolute atomic E-state index is 0.0663. The predicted molar refractivity (Wildman–Crippen MR) is 176 cm³/mol. The Morgan fingerprint density at radius 2 is 1.26 bits per heavy atom. The van der Waals surface area contributed by atoms with Crippen molar-refractivity contribution < 1.29 is 52.2 Å². The van der Waals surface area contributed by atoms with Crippen molar-refractivity contribution in [2.45, 2.75) is 180 Å². The van der Waals surface area contributed by atoms with Gasteiger partial charge < -0.3 is 42.6 Å². The molecule has 0 spiro atoms. The summed E-state index contributed by atoms with van der Waals surface area (Å²) >= 11 is 0. The van der Waals surface area contributed by atoms with Gasteiger partial charge >= 0.3 is 11.9 Å². The van der Waals surface area contributed by atoms with E-state index < -0.39 is 60.1 Å². The molecule has 0 saturated carbocycles. The van der Waals surface area contributed by atoms with E-state index in [-0.39, 0.29) is 32.3 Å². The Labute approximate surface area is 283 Å². The highest BCUT2D eigenvalue weighted by Crippen LogP contribution is 2.42. The van der Waals surface area contributed by atoms with Crippen LogP contribution in [0.3, 0.4) is 0 Å². The number of unbranched alkanes of at least 4 members (excludes halogenated alkanes) is 11. The fraction of sp³-hybridized carbons (Fsp3) is 0.944. The molecule has 3 rings (SSSR count). The van der Waals surface area contributed by atoms with E-state index in [0.717, 1.165) is 19.3 Å². The minimum Gasteiger partial charge on any atom is -0.465 e. The van der Waals surface area contributed by atoms with Gasteiger partial charge in [-0.3, -0.25) is 9.59 Å². The Bertz CT molecular complexity index is 891. The summed E-state index contributed by atoms with van der Waals surface area (Å²) < 4.78 is 53.7. The number of esters is 2. The summed E-state index contributed by atoms with van der Waals surface area (Å²) in [5, 5.41) is 0. The Balaban J connectivity index is 1.54. The monoisotopic (exact) mass is 672 g/mol. The molecule has 3 heterocycles. The molecule has 0 radical (unpaired) electrons. The van der Waals surface area contributed by atoms with E-state index in [1.165, 1.54) is 57.8 Å². The molecule has 11 heteroatoms. The average Bonchev–Trinajstić information content (AvgIpc) is 3.65. The van der Waals surface area contributed by atoms with Crippen LogP contribution in [-0.4, -0.2) is 93.4 Å². The molecule has 3 saturated heterocycles. The van der Waals surface area contributed by atoms with Crippen molar-refractivity contribution in [1.29, 1.82) is 0 Å². The molecule has 0 aliphatic carbocycles. The highest BCUT2D eigenvalue weighted by atomic mass is 16.8. The zero-order chi connectivity index (χ0) is 34.3. The lowest BCUT2D eigenvalue weighted by Crippen LogP contribution is -2.40. The summed E-state index contributed by atoms with van der Waals surface area (Å²) in [4.78, 5) is 25.6. The summed E-state index contributed by atoms with van der Waals surface area (Å²) in [7, 11) is 0. The Hall–Kier alpha value is -1.34. The highest BCUT2D eigenvalue weighted by Gasteiger charge is 2.59. The van der Waals surface area contributed by atoms with Gasteiger partial charge in [-0.05, 0) is 54.4 Å². The summed E-state index contributed by atoms with van der Waals surface area (Å²) in [6, 6.07) is 0. The maximum Gasteiger partial charge on any atom is 0.320 e. The number of rotatable bonds is 24. The molecule has 11 nitrogen and oxygen atoms in total. The molecule has 0 aromatic carbocycles. The largest absolute Gasteiger partial charge is 0.465 e. The van der Waals surface area contributed by atoms with Crippen LogP contribution < -0.4 is 0 Å². The lowest BCUT2D eigenvalue weighted by Gasteiger charge is -2.28. The molecule has 3 aliphatic rings. The van der Waals surface area contributed by atoms with E-state index in [1.807, 2.05) is 27.7 Å². The summed E-state index contributed by atoms with van der Waals surface area (Å²) in [6.45, 7) is 14.4. The van der Waals surface area contributed by atoms with E-state index in [1.54, 1.807) is 13.8 Å². The van der Waals surface area contributed by atoms with Crippen LogP contribution in [-0.2, 0) is 52.2 Å². The molecule has 0 aromatic heterocycles. The van der Waals surface area contributed by atoms with Gasteiger partial charge in [-0.15, -0.1) is 0 Å². The van der Waals surface area contributed by atoms with E-state index in [9.17, 15) is 9.59 Å². The number of carbonyl (C=O) groups is 2. The van der Waals surface area contributed by atoms with Crippen molar-refractivity contribution in [1.82, 2.24) is 0 Å². The summed E-state index contributed by atoms with van der Waals surface area (Å²) in [6.07, 6.45) is 12.0. The molecule has 0 unspecified atom stereocenters. The standard InChI is InChI=1S/C36H64O11/c1-8-11-12-13-14-15-16-17-18-19-20-21-22-41-26(23-27(32(37)39-9-2)33(38)40-10-3)24-42-34-31-30(46-36(6,7)47-31)29(44-34)28-25-43-35(4,5)45-28/h26-31,34H,8-25H2,1-7H3/t26-,28-,29-,30+,31+,34-/m1/s1. The molecule has 0 amide bonds. The van der Waals surface area contributed by atoms with Crippen molar-refractivity contribution in [3.05, 3.63) is 0 Å². The maximum absolute atomic E-state index is 12.8. The van der Waals surface area contributed by atoms with Gasteiger partial charge in [-0.2, -0.15) is 0 Å². The number of hydrogen-bond acceptors (Lipinski definition) is 11. The number of ether oxygens (including phenoxy) is 9. The predicted octanol–water partition coefficient (Wildman–Crippen LogP) is 6.62. The van der Waals surface area contributed by atoms with Crippen LogP contribution in [0.4, 0.5) is 0 Å². The Morgan fingerprint density at radius 3 is 1.79 bits per heavy atom. The number of carbonyl (C=O) groups excluding carboxylic acids is 2. The summed E-state index contributed by atoms with van der Waals surface area (Å²) in [5.41, 5.74) is 0. The van der Waals surface area contributed by atoms with Crippen molar-refractivity contribution in [3.8, 4) is 0 Å². The number of hydrogen-bond donors (Lipinski definition) is 0. The average molecular weight is 673 g/mol. The fourth-order valence-corrected chi connectivity index (χ4v) is 6.52. The van der Waals surface area contributed by atoms with Gasteiger partial charge in [-0.1, -0.05) is 77.6 Å². The number of fused-ring (bicyclic) bond motifs is 1. The van der Waals surface area contributed by atoms with E-state index >= 15 is 0 Å². The van der Waals surface area contributed by atoms with Crippen molar-refractivity contribution >= 4 is 11.9 Å². The van der Waals surface area contributed by atoms with Gasteiger partial charge in [0.05, 0.1) is 32.5 Å². The van der Waals surface area contributed by atoms with Crippen LogP contribution in [0.1, 0.15) is 132 Å². The van der Waals surface area contributed by atoms with E-state index in [2.05, 4.69) is 6.92 Å². The van der Waals surface area contributed by atoms with Crippen molar-refractivity contribution in [2.75, 3.05) is 33.0 Å². The normalized spacial score (nSPS) is 26.9. The minimum atomic E-state index is -1.12. The van der Waals surface area contributed by atoms with Gasteiger partial charge in [0.2, 0.25) is 0 Å². The van der Waals surface area contributed by atoms with Gasteiger partial charge in [0.25, 0.3) is 0 Å². The fourth-order valence-electron chi connectivity index (χ4n) is 6.52. The molecular formula is C36H64O11. The van der Waals surface area contributed by atoms with E-state index in [0.29, 0.717) is 13.2 Å². The zero-order valence-corrected chi connectivity index (χ0v) is 30.3. The lowest BCUT2D eigenvalue weighted by atomic mass is 10.0. The van der Waals surface area contributed by atoms with Crippen LogP contribution >= 0.6 is 0 Å². The molecule has 0 N–H and O–H groups in total. The molecular weight excluding hydrogens is 608 g/mol. The first-order valence-electron chi connectivity index (χ1n) is 18.4. The van der Waals surface area contributed by atoms with Crippen LogP contribution in [0.2, 0.25) is 0 Å². The van der Waals surface area contributed by atoms with Crippen LogP contribution in [0.25, 0.3) is 0 Å². The van der Waals surface area contributed by atoms with Gasteiger partial charge in [0, 0.05) is 6.61 Å². The Morgan fingerprint density at radius 1 is 0.702 bits per heavy atom. The molecule has 3 fully saturated rings. The van der Waals surface area contributed by atoms with Gasteiger partial charge in [0.1, 0.15) is 24.4 Å². The zero-order valence-electron chi connectivity index (χ0n) is 30.3.